The van der Waals surface area contributed by atoms with Crippen molar-refractivity contribution in [3.05, 3.63) is 65.6 Å². The fourth-order valence-electron chi connectivity index (χ4n) is 2.32. The Morgan fingerprint density at radius 3 is 2.50 bits per heavy atom. The first-order valence-electron chi connectivity index (χ1n) is 6.98. The summed E-state index contributed by atoms with van der Waals surface area (Å²) in [6.07, 6.45) is 1.52. The van der Waals surface area contributed by atoms with Crippen LogP contribution in [0.4, 0.5) is 4.39 Å². The molecule has 0 saturated carbocycles. The lowest BCUT2D eigenvalue weighted by Gasteiger charge is -2.04. The number of halogens is 2. The number of rotatable bonds is 3. The van der Waals surface area contributed by atoms with Crippen molar-refractivity contribution in [2.45, 2.75) is 0 Å². The number of hydrogen-bond donors (Lipinski definition) is 0. The van der Waals surface area contributed by atoms with Crippen LogP contribution in [0.25, 0.3) is 28.4 Å². The molecule has 0 radical (unpaired) electrons. The molecule has 24 heavy (non-hydrogen) atoms. The van der Waals surface area contributed by atoms with Gasteiger partial charge >= 0.3 is 0 Å². The molecular formula is C16H9ClFN5O. The highest BCUT2D eigenvalue weighted by atomic mass is 35.5. The number of aromatic nitrogens is 5. The van der Waals surface area contributed by atoms with E-state index in [1.807, 2.05) is 0 Å². The lowest BCUT2D eigenvalue weighted by molar-refractivity contribution is 0.432. The van der Waals surface area contributed by atoms with Crippen molar-refractivity contribution in [1.82, 2.24) is 25.4 Å². The number of hydrogen-bond acceptors (Lipinski definition) is 5. The van der Waals surface area contributed by atoms with Crippen LogP contribution in [0.3, 0.4) is 0 Å². The van der Waals surface area contributed by atoms with E-state index in [-0.39, 0.29) is 5.82 Å². The van der Waals surface area contributed by atoms with Crippen LogP contribution in [0.2, 0.25) is 5.02 Å². The third-order valence-electron chi connectivity index (χ3n) is 3.46. The van der Waals surface area contributed by atoms with Gasteiger partial charge in [0.15, 0.2) is 11.6 Å². The summed E-state index contributed by atoms with van der Waals surface area (Å²) < 4.78 is 20.0. The van der Waals surface area contributed by atoms with Gasteiger partial charge in [0.25, 0.3) is 0 Å². The van der Waals surface area contributed by atoms with Crippen molar-refractivity contribution in [3.63, 3.8) is 0 Å². The Morgan fingerprint density at radius 1 is 1.00 bits per heavy atom. The third kappa shape index (κ3) is 2.55. The minimum atomic E-state index is -0.328. The fraction of sp³-hybridized carbons (Fsp3) is 0. The van der Waals surface area contributed by atoms with Crippen molar-refractivity contribution >= 4 is 11.6 Å². The smallest absolute Gasteiger partial charge is 0.192 e. The van der Waals surface area contributed by atoms with Crippen LogP contribution in [0.5, 0.6) is 0 Å². The first-order valence-corrected chi connectivity index (χ1v) is 7.35. The van der Waals surface area contributed by atoms with Crippen molar-refractivity contribution in [2.24, 2.45) is 0 Å². The highest BCUT2D eigenvalue weighted by Crippen LogP contribution is 2.31. The molecule has 4 rings (SSSR count). The molecule has 4 aromatic rings. The second-order valence-corrected chi connectivity index (χ2v) is 5.40. The van der Waals surface area contributed by atoms with Crippen LogP contribution < -0.4 is 0 Å². The van der Waals surface area contributed by atoms with Gasteiger partial charge < -0.3 is 4.52 Å². The van der Waals surface area contributed by atoms with Crippen LogP contribution in [-0.4, -0.2) is 25.4 Å². The zero-order valence-corrected chi connectivity index (χ0v) is 12.9. The second kappa shape index (κ2) is 5.86. The molecule has 0 saturated heterocycles. The molecule has 0 fully saturated rings. The molecule has 0 aliphatic heterocycles. The van der Waals surface area contributed by atoms with Gasteiger partial charge in [-0.1, -0.05) is 16.8 Å². The van der Waals surface area contributed by atoms with Crippen LogP contribution >= 0.6 is 11.6 Å². The lowest BCUT2D eigenvalue weighted by Crippen LogP contribution is -1.99. The first-order chi connectivity index (χ1) is 11.7. The van der Waals surface area contributed by atoms with Gasteiger partial charge in [0.05, 0.1) is 17.4 Å². The fourth-order valence-corrected chi connectivity index (χ4v) is 2.45. The van der Waals surface area contributed by atoms with Crippen molar-refractivity contribution in [3.8, 4) is 28.4 Å². The number of nitrogens with zero attached hydrogens (tertiary/aromatic N) is 5. The average Bonchev–Trinajstić information content (AvgIpc) is 3.25. The Balaban J connectivity index is 1.82. The van der Waals surface area contributed by atoms with E-state index in [2.05, 4.69) is 20.7 Å². The predicted octanol–water partition coefficient (Wildman–Crippen LogP) is 3.78. The standard InChI is InChI=1S/C16H9ClFN5O/c17-11-3-7-13(8-4-11)23-16(20-21-22-23)14-9-19-24-15(14)10-1-5-12(18)6-2-10/h1-9H. The molecule has 2 aromatic carbocycles. The lowest BCUT2D eigenvalue weighted by atomic mass is 10.1. The van der Waals surface area contributed by atoms with Gasteiger partial charge in [-0.05, 0) is 59.0 Å². The molecule has 0 N–H and O–H groups in total. The molecule has 0 aliphatic carbocycles. The van der Waals surface area contributed by atoms with Gasteiger partial charge in [0, 0.05) is 10.6 Å². The molecule has 0 bridgehead atoms. The molecule has 6 nitrogen and oxygen atoms in total. The molecule has 0 aliphatic rings. The normalized spacial score (nSPS) is 10.9. The van der Waals surface area contributed by atoms with Crippen LogP contribution in [0.1, 0.15) is 0 Å². The van der Waals surface area contributed by atoms with Crippen LogP contribution in [0.15, 0.2) is 59.3 Å². The van der Waals surface area contributed by atoms with E-state index in [9.17, 15) is 4.39 Å². The molecule has 0 spiro atoms. The van der Waals surface area contributed by atoms with Gasteiger partial charge in [-0.3, -0.25) is 0 Å². The predicted molar refractivity (Wildman–Crippen MR) is 85.1 cm³/mol. The Labute approximate surface area is 140 Å². The number of benzene rings is 2. The summed E-state index contributed by atoms with van der Waals surface area (Å²) in [6, 6.07) is 13.0. The Hall–Kier alpha value is -3.06. The highest BCUT2D eigenvalue weighted by molar-refractivity contribution is 6.30. The zero-order chi connectivity index (χ0) is 16.5. The van der Waals surface area contributed by atoms with E-state index in [1.165, 1.54) is 18.3 Å². The summed E-state index contributed by atoms with van der Waals surface area (Å²) in [5, 5.41) is 16.2. The molecule has 0 amide bonds. The van der Waals surface area contributed by atoms with Gasteiger partial charge in [0.1, 0.15) is 5.82 Å². The van der Waals surface area contributed by atoms with Crippen LogP contribution in [0, 0.1) is 5.82 Å². The zero-order valence-electron chi connectivity index (χ0n) is 12.1. The van der Waals surface area contributed by atoms with E-state index in [0.29, 0.717) is 27.7 Å². The molecule has 118 valence electrons. The van der Waals surface area contributed by atoms with E-state index >= 15 is 0 Å². The quantitative estimate of drug-likeness (QED) is 0.567. The van der Waals surface area contributed by atoms with E-state index in [0.717, 1.165) is 5.69 Å². The summed E-state index contributed by atoms with van der Waals surface area (Å²) in [5.41, 5.74) is 2.02. The summed E-state index contributed by atoms with van der Waals surface area (Å²) in [6.45, 7) is 0. The van der Waals surface area contributed by atoms with Gasteiger partial charge in [-0.25, -0.2) is 4.39 Å². The summed E-state index contributed by atoms with van der Waals surface area (Å²) >= 11 is 5.91. The Morgan fingerprint density at radius 2 is 1.75 bits per heavy atom. The van der Waals surface area contributed by atoms with E-state index in [4.69, 9.17) is 16.1 Å². The van der Waals surface area contributed by atoms with Gasteiger partial charge in [0.2, 0.25) is 0 Å². The second-order valence-electron chi connectivity index (χ2n) is 4.97. The molecule has 0 atom stereocenters. The molecule has 2 aromatic heterocycles. The molecule has 2 heterocycles. The topological polar surface area (TPSA) is 69.6 Å². The van der Waals surface area contributed by atoms with Gasteiger partial charge in [-0.15, -0.1) is 5.10 Å². The Bertz CT molecular complexity index is 897. The maximum absolute atomic E-state index is 13.1. The number of tetrazole rings is 1. The minimum Gasteiger partial charge on any atom is -0.356 e. The van der Waals surface area contributed by atoms with E-state index in [1.54, 1.807) is 41.1 Å². The Kier molecular flexibility index (Phi) is 3.55. The maximum atomic E-state index is 13.1. The summed E-state index contributed by atoms with van der Waals surface area (Å²) in [7, 11) is 0. The van der Waals surface area contributed by atoms with Crippen LogP contribution in [-0.2, 0) is 0 Å². The molecule has 8 heteroatoms. The highest BCUT2D eigenvalue weighted by Gasteiger charge is 2.19. The SMILES string of the molecule is Fc1ccc(-c2oncc2-c2nnnn2-c2ccc(Cl)cc2)cc1. The van der Waals surface area contributed by atoms with Crippen molar-refractivity contribution in [2.75, 3.05) is 0 Å². The first kappa shape index (κ1) is 14.5. The third-order valence-corrected chi connectivity index (χ3v) is 3.71. The molecule has 0 unspecified atom stereocenters. The summed E-state index contributed by atoms with van der Waals surface area (Å²) in [4.78, 5) is 0. The monoisotopic (exact) mass is 341 g/mol. The summed E-state index contributed by atoms with van der Waals surface area (Å²) in [5.74, 6) is 0.587. The average molecular weight is 342 g/mol. The van der Waals surface area contributed by atoms with Gasteiger partial charge in [-0.2, -0.15) is 4.68 Å². The largest absolute Gasteiger partial charge is 0.356 e. The minimum absolute atomic E-state index is 0.328. The maximum Gasteiger partial charge on any atom is 0.192 e. The van der Waals surface area contributed by atoms with Crippen molar-refractivity contribution in [1.29, 1.82) is 0 Å². The molecular weight excluding hydrogens is 333 g/mol. The van der Waals surface area contributed by atoms with E-state index < -0.39 is 0 Å². The van der Waals surface area contributed by atoms with Crippen molar-refractivity contribution < 1.29 is 8.91 Å².